The number of oxazole rings is 1. The highest BCUT2D eigenvalue weighted by molar-refractivity contribution is 7.89. The number of aromatic nitrogens is 1. The lowest BCUT2D eigenvalue weighted by atomic mass is 10.2. The fraction of sp³-hybridized carbons (Fsp3) is 0.167. The Hall–Kier alpha value is -2.15. The molecular weight excluding hydrogens is 270 g/mol. The van der Waals surface area contributed by atoms with Crippen LogP contribution in [0.5, 0.6) is 0 Å². The Bertz CT molecular complexity index is 703. The van der Waals surface area contributed by atoms with E-state index in [0.717, 1.165) is 6.26 Å². The number of nitrogens with zero attached hydrogens (tertiary/aromatic N) is 1. The summed E-state index contributed by atoms with van der Waals surface area (Å²) in [7, 11) is -3.40. The zero-order chi connectivity index (χ0) is 14.0. The van der Waals surface area contributed by atoms with Crippen LogP contribution in [0.4, 0.5) is 0 Å². The summed E-state index contributed by atoms with van der Waals surface area (Å²) in [5, 5.41) is 9.01. The van der Waals surface area contributed by atoms with Gasteiger partial charge in [0.1, 0.15) is 5.75 Å². The van der Waals surface area contributed by atoms with Gasteiger partial charge in [-0.05, 0) is 12.1 Å². The molecule has 0 amide bonds. The van der Waals surface area contributed by atoms with E-state index in [1.807, 2.05) is 0 Å². The van der Waals surface area contributed by atoms with Crippen LogP contribution in [0.25, 0.3) is 11.5 Å². The van der Waals surface area contributed by atoms with E-state index in [2.05, 4.69) is 4.98 Å². The molecule has 1 N–H and O–H groups in total. The maximum atomic E-state index is 11.2. The normalized spacial score (nSPS) is 11.4. The molecule has 19 heavy (non-hydrogen) atoms. The average Bonchev–Trinajstić information content (AvgIpc) is 2.72. The quantitative estimate of drug-likeness (QED) is 0.913. The molecule has 0 aliphatic heterocycles. The van der Waals surface area contributed by atoms with Gasteiger partial charge in [-0.3, -0.25) is 0 Å². The number of carboxylic acid groups (broad SMARTS) is 1. The van der Waals surface area contributed by atoms with Crippen molar-refractivity contribution in [3.05, 3.63) is 41.8 Å². The first kappa shape index (κ1) is 13.3. The van der Waals surface area contributed by atoms with Gasteiger partial charge in [0, 0.05) is 11.8 Å². The molecule has 1 aromatic heterocycles. The molecule has 100 valence electrons. The van der Waals surface area contributed by atoms with E-state index >= 15 is 0 Å². The maximum absolute atomic E-state index is 11.2. The van der Waals surface area contributed by atoms with Crippen LogP contribution in [-0.4, -0.2) is 30.7 Å². The van der Waals surface area contributed by atoms with Gasteiger partial charge in [0.25, 0.3) is 0 Å². The smallest absolute Gasteiger partial charge is 0.358 e. The number of benzene rings is 1. The first-order valence-corrected chi connectivity index (χ1v) is 7.39. The number of hydrogen-bond acceptors (Lipinski definition) is 5. The van der Waals surface area contributed by atoms with Crippen molar-refractivity contribution in [3.63, 3.8) is 0 Å². The number of sulfone groups is 1. The van der Waals surface area contributed by atoms with Crippen molar-refractivity contribution in [1.29, 1.82) is 0 Å². The molecule has 0 spiro atoms. The van der Waals surface area contributed by atoms with Crippen LogP contribution in [0.2, 0.25) is 0 Å². The lowest BCUT2D eigenvalue weighted by Gasteiger charge is -1.95. The Morgan fingerprint density at radius 1 is 1.32 bits per heavy atom. The van der Waals surface area contributed by atoms with Crippen molar-refractivity contribution in [1.82, 2.24) is 4.98 Å². The Morgan fingerprint density at radius 2 is 1.95 bits per heavy atom. The first-order valence-electron chi connectivity index (χ1n) is 5.33. The summed E-state index contributed by atoms with van der Waals surface area (Å²) in [5.41, 5.74) is 0.217. The van der Waals surface area contributed by atoms with Crippen molar-refractivity contribution < 1.29 is 22.7 Å². The van der Waals surface area contributed by atoms with Gasteiger partial charge in [0.15, 0.2) is 21.3 Å². The van der Waals surface area contributed by atoms with Crippen molar-refractivity contribution >= 4 is 15.8 Å². The summed E-state index contributed by atoms with van der Waals surface area (Å²) < 4.78 is 27.7. The van der Waals surface area contributed by atoms with Crippen LogP contribution < -0.4 is 0 Å². The summed E-state index contributed by atoms with van der Waals surface area (Å²) in [6.45, 7) is 0. The largest absolute Gasteiger partial charge is 0.476 e. The molecule has 0 saturated carbocycles. The second-order valence-corrected chi connectivity index (χ2v) is 6.17. The van der Waals surface area contributed by atoms with Crippen LogP contribution in [-0.2, 0) is 15.6 Å². The predicted molar refractivity (Wildman–Crippen MR) is 67.4 cm³/mol. The Balaban J connectivity index is 2.50. The SMILES string of the molecule is CS(=O)(=O)Cc1oc(-c2ccccc2)nc1C(=O)O. The molecule has 0 unspecified atom stereocenters. The van der Waals surface area contributed by atoms with E-state index < -0.39 is 21.6 Å². The third kappa shape index (κ3) is 3.19. The zero-order valence-electron chi connectivity index (χ0n) is 10.0. The molecule has 0 aliphatic rings. The molecule has 2 aromatic rings. The highest BCUT2D eigenvalue weighted by Crippen LogP contribution is 2.23. The van der Waals surface area contributed by atoms with Gasteiger partial charge in [-0.2, -0.15) is 0 Å². The van der Waals surface area contributed by atoms with Crippen LogP contribution in [0.15, 0.2) is 34.7 Å². The maximum Gasteiger partial charge on any atom is 0.358 e. The molecule has 0 radical (unpaired) electrons. The number of carbonyl (C=O) groups is 1. The Morgan fingerprint density at radius 3 is 2.47 bits per heavy atom. The second kappa shape index (κ2) is 4.85. The fourth-order valence-corrected chi connectivity index (χ4v) is 2.23. The molecule has 1 heterocycles. The lowest BCUT2D eigenvalue weighted by Crippen LogP contribution is -2.06. The highest BCUT2D eigenvalue weighted by Gasteiger charge is 2.23. The van der Waals surface area contributed by atoms with Crippen LogP contribution in [0, 0.1) is 0 Å². The number of aromatic carboxylic acids is 1. The van der Waals surface area contributed by atoms with Crippen molar-refractivity contribution in [2.24, 2.45) is 0 Å². The van der Waals surface area contributed by atoms with E-state index in [1.165, 1.54) is 0 Å². The van der Waals surface area contributed by atoms with Gasteiger partial charge < -0.3 is 9.52 Å². The van der Waals surface area contributed by atoms with Crippen molar-refractivity contribution in [2.45, 2.75) is 5.75 Å². The summed E-state index contributed by atoms with van der Waals surface area (Å²) >= 11 is 0. The average molecular weight is 281 g/mol. The van der Waals surface area contributed by atoms with E-state index in [0.29, 0.717) is 5.56 Å². The van der Waals surface area contributed by atoms with Crippen molar-refractivity contribution in [3.8, 4) is 11.5 Å². The number of carboxylic acids is 1. The summed E-state index contributed by atoms with van der Waals surface area (Å²) in [5.74, 6) is -1.87. The Labute approximate surface area is 109 Å². The van der Waals surface area contributed by atoms with Crippen molar-refractivity contribution in [2.75, 3.05) is 6.26 Å². The zero-order valence-corrected chi connectivity index (χ0v) is 10.8. The summed E-state index contributed by atoms with van der Waals surface area (Å²) in [6.07, 6.45) is 1.00. The van der Waals surface area contributed by atoms with Gasteiger partial charge >= 0.3 is 5.97 Å². The van der Waals surface area contributed by atoms with Gasteiger partial charge in [-0.15, -0.1) is 0 Å². The van der Waals surface area contributed by atoms with E-state index in [4.69, 9.17) is 9.52 Å². The predicted octanol–water partition coefficient (Wildman–Crippen LogP) is 1.58. The number of rotatable bonds is 4. The molecule has 1 aromatic carbocycles. The fourth-order valence-electron chi connectivity index (χ4n) is 1.56. The molecule has 0 aliphatic carbocycles. The van der Waals surface area contributed by atoms with E-state index in [-0.39, 0.29) is 17.3 Å². The van der Waals surface area contributed by atoms with E-state index in [1.54, 1.807) is 30.3 Å². The van der Waals surface area contributed by atoms with Gasteiger partial charge in [0.2, 0.25) is 5.89 Å². The molecule has 2 rings (SSSR count). The molecule has 0 bridgehead atoms. The molecule has 0 fully saturated rings. The van der Waals surface area contributed by atoms with Crippen LogP contribution in [0.1, 0.15) is 16.2 Å². The topological polar surface area (TPSA) is 97.5 Å². The minimum absolute atomic E-state index is 0.0941. The second-order valence-electron chi connectivity index (χ2n) is 4.03. The third-order valence-electron chi connectivity index (χ3n) is 2.31. The molecule has 0 saturated heterocycles. The third-order valence-corrected chi connectivity index (χ3v) is 3.10. The minimum Gasteiger partial charge on any atom is -0.476 e. The molecule has 6 nitrogen and oxygen atoms in total. The first-order chi connectivity index (χ1) is 8.87. The standard InChI is InChI=1S/C12H11NO5S/c1-19(16,17)7-9-10(12(14)15)13-11(18-9)8-5-3-2-4-6-8/h2-6H,7H2,1H3,(H,14,15). The summed E-state index contributed by atoms with van der Waals surface area (Å²) in [6, 6.07) is 8.68. The number of hydrogen-bond donors (Lipinski definition) is 1. The lowest BCUT2D eigenvalue weighted by molar-refractivity contribution is 0.0689. The molecule has 0 atom stereocenters. The summed E-state index contributed by atoms with van der Waals surface area (Å²) in [4.78, 5) is 14.9. The molecular formula is C12H11NO5S. The Kier molecular flexibility index (Phi) is 3.39. The van der Waals surface area contributed by atoms with E-state index in [9.17, 15) is 13.2 Å². The van der Waals surface area contributed by atoms with Crippen LogP contribution >= 0.6 is 0 Å². The van der Waals surface area contributed by atoms with Gasteiger partial charge in [0.05, 0.1) is 0 Å². The van der Waals surface area contributed by atoms with Crippen LogP contribution in [0.3, 0.4) is 0 Å². The highest BCUT2D eigenvalue weighted by atomic mass is 32.2. The van der Waals surface area contributed by atoms with Gasteiger partial charge in [-0.1, -0.05) is 18.2 Å². The minimum atomic E-state index is -3.40. The monoisotopic (exact) mass is 281 g/mol. The van der Waals surface area contributed by atoms with Gasteiger partial charge in [-0.25, -0.2) is 18.2 Å². The molecule has 7 heteroatoms.